The summed E-state index contributed by atoms with van der Waals surface area (Å²) in [5.41, 5.74) is 2.19. The molecule has 3 rings (SSSR count). The topological polar surface area (TPSA) is 109 Å². The Bertz CT molecular complexity index is 1120. The number of carbonyl (C=O) groups is 1. The zero-order chi connectivity index (χ0) is 22.4. The number of allylic oxidation sites excluding steroid dienone is 1. The maximum atomic E-state index is 12.5. The summed E-state index contributed by atoms with van der Waals surface area (Å²) in [6.07, 6.45) is 3.85. The van der Waals surface area contributed by atoms with Crippen LogP contribution in [0.1, 0.15) is 18.2 Å². The number of aryl methyl sites for hydroxylation is 1. The molecule has 1 aromatic heterocycles. The normalized spacial score (nSPS) is 10.8. The van der Waals surface area contributed by atoms with Gasteiger partial charge in [-0.25, -0.2) is 4.68 Å². The van der Waals surface area contributed by atoms with Crippen LogP contribution in [-0.4, -0.2) is 34.3 Å². The van der Waals surface area contributed by atoms with Crippen molar-refractivity contribution < 1.29 is 19.2 Å². The molecule has 0 bridgehead atoms. The number of methoxy groups -OCH3 is 1. The average molecular weight is 422 g/mol. The zero-order valence-electron chi connectivity index (χ0n) is 17.4. The van der Waals surface area contributed by atoms with Crippen molar-refractivity contribution in [2.45, 2.75) is 13.8 Å². The first-order valence-corrected chi connectivity index (χ1v) is 9.46. The van der Waals surface area contributed by atoms with Gasteiger partial charge in [-0.05, 0) is 43.7 Å². The van der Waals surface area contributed by atoms with Gasteiger partial charge in [0, 0.05) is 18.2 Å². The van der Waals surface area contributed by atoms with E-state index in [4.69, 9.17) is 9.47 Å². The van der Waals surface area contributed by atoms with Gasteiger partial charge < -0.3 is 14.8 Å². The lowest BCUT2D eigenvalue weighted by Gasteiger charge is -2.12. The van der Waals surface area contributed by atoms with Gasteiger partial charge in [0.05, 0.1) is 23.4 Å². The molecule has 3 aromatic rings. The van der Waals surface area contributed by atoms with Gasteiger partial charge in [0.15, 0.2) is 18.1 Å². The molecule has 0 atom stereocenters. The summed E-state index contributed by atoms with van der Waals surface area (Å²) in [7, 11) is 1.53. The Morgan fingerprint density at radius 3 is 2.58 bits per heavy atom. The van der Waals surface area contributed by atoms with Crippen LogP contribution < -0.4 is 14.8 Å². The molecule has 1 N–H and O–H groups in total. The van der Waals surface area contributed by atoms with Crippen molar-refractivity contribution in [1.82, 2.24) is 9.78 Å². The lowest BCUT2D eigenvalue weighted by molar-refractivity contribution is -0.384. The van der Waals surface area contributed by atoms with Gasteiger partial charge in [0.1, 0.15) is 5.82 Å². The number of nitro benzene ring substituents is 1. The van der Waals surface area contributed by atoms with E-state index in [0.29, 0.717) is 28.7 Å². The van der Waals surface area contributed by atoms with Crippen LogP contribution >= 0.6 is 0 Å². The van der Waals surface area contributed by atoms with Crippen molar-refractivity contribution in [3.8, 4) is 17.2 Å². The Kier molecular flexibility index (Phi) is 6.66. The molecule has 160 valence electrons. The first-order chi connectivity index (χ1) is 14.9. The quantitative estimate of drug-likeness (QED) is 0.432. The van der Waals surface area contributed by atoms with E-state index >= 15 is 0 Å². The highest BCUT2D eigenvalue weighted by Crippen LogP contribution is 2.28. The van der Waals surface area contributed by atoms with E-state index in [2.05, 4.69) is 10.4 Å². The fourth-order valence-corrected chi connectivity index (χ4v) is 2.92. The number of aromatic nitrogens is 2. The minimum Gasteiger partial charge on any atom is -0.493 e. The number of nitrogens with one attached hydrogen (secondary N) is 1. The highest BCUT2D eigenvalue weighted by atomic mass is 16.6. The van der Waals surface area contributed by atoms with Gasteiger partial charge in [0.2, 0.25) is 0 Å². The summed E-state index contributed by atoms with van der Waals surface area (Å²) >= 11 is 0. The number of nitrogens with zero attached hydrogens (tertiary/aromatic N) is 3. The minimum atomic E-state index is -0.475. The van der Waals surface area contributed by atoms with Gasteiger partial charge in [-0.15, -0.1) is 0 Å². The van der Waals surface area contributed by atoms with Gasteiger partial charge in [-0.3, -0.25) is 14.9 Å². The SMILES string of the molecule is C/C=C/c1ccc(OCC(=O)Nc2cc(C)nn2-c2ccc([N+](=O)[O-])cc2)c(OC)c1. The molecule has 0 saturated heterocycles. The predicted octanol–water partition coefficient (Wildman–Crippen LogP) is 4.15. The van der Waals surface area contributed by atoms with Crippen molar-refractivity contribution in [2.75, 3.05) is 19.0 Å². The predicted molar refractivity (Wildman–Crippen MR) is 117 cm³/mol. The van der Waals surface area contributed by atoms with Gasteiger partial charge in [0.25, 0.3) is 11.6 Å². The number of ether oxygens (including phenoxy) is 2. The number of non-ortho nitro benzene ring substituents is 1. The van der Waals surface area contributed by atoms with Gasteiger partial charge >= 0.3 is 0 Å². The lowest BCUT2D eigenvalue weighted by Crippen LogP contribution is -2.22. The molecule has 0 radical (unpaired) electrons. The summed E-state index contributed by atoms with van der Waals surface area (Å²) in [5, 5.41) is 18.0. The number of benzene rings is 2. The number of amides is 1. The molecule has 0 unspecified atom stereocenters. The van der Waals surface area contributed by atoms with E-state index in [9.17, 15) is 14.9 Å². The molecule has 1 amide bonds. The van der Waals surface area contributed by atoms with E-state index in [1.807, 2.05) is 31.2 Å². The molecular formula is C22H22N4O5. The molecular weight excluding hydrogens is 400 g/mol. The summed E-state index contributed by atoms with van der Waals surface area (Å²) in [6, 6.07) is 13.0. The van der Waals surface area contributed by atoms with Crippen LogP contribution in [0, 0.1) is 17.0 Å². The first-order valence-electron chi connectivity index (χ1n) is 9.46. The summed E-state index contributed by atoms with van der Waals surface area (Å²) in [6.45, 7) is 3.47. The van der Waals surface area contributed by atoms with E-state index in [1.54, 1.807) is 31.2 Å². The third-order valence-electron chi connectivity index (χ3n) is 4.31. The van der Waals surface area contributed by atoms with Crippen LogP contribution in [-0.2, 0) is 4.79 Å². The number of hydrogen-bond donors (Lipinski definition) is 1. The van der Waals surface area contributed by atoms with E-state index in [1.165, 1.54) is 23.9 Å². The maximum absolute atomic E-state index is 12.5. The molecule has 9 nitrogen and oxygen atoms in total. The van der Waals surface area contributed by atoms with Crippen molar-refractivity contribution in [1.29, 1.82) is 0 Å². The number of hydrogen-bond acceptors (Lipinski definition) is 6. The van der Waals surface area contributed by atoms with E-state index in [0.717, 1.165) is 5.56 Å². The third kappa shape index (κ3) is 5.27. The molecule has 0 saturated carbocycles. The Morgan fingerprint density at radius 1 is 1.19 bits per heavy atom. The highest BCUT2D eigenvalue weighted by Gasteiger charge is 2.14. The molecule has 0 spiro atoms. The molecule has 9 heteroatoms. The van der Waals surface area contributed by atoms with Crippen LogP contribution in [0.5, 0.6) is 11.5 Å². The average Bonchev–Trinajstić information content (AvgIpc) is 3.12. The molecule has 0 fully saturated rings. The van der Waals surface area contributed by atoms with Crippen molar-refractivity contribution in [3.05, 3.63) is 76.0 Å². The molecule has 31 heavy (non-hydrogen) atoms. The number of rotatable bonds is 8. The van der Waals surface area contributed by atoms with Crippen LogP contribution in [0.4, 0.5) is 11.5 Å². The van der Waals surface area contributed by atoms with Gasteiger partial charge in [-0.2, -0.15) is 5.10 Å². The zero-order valence-corrected chi connectivity index (χ0v) is 17.4. The Labute approximate surface area is 179 Å². The number of anilines is 1. The Balaban J connectivity index is 1.71. The van der Waals surface area contributed by atoms with Crippen LogP contribution in [0.15, 0.2) is 54.6 Å². The smallest absolute Gasteiger partial charge is 0.269 e. The fourth-order valence-electron chi connectivity index (χ4n) is 2.92. The highest BCUT2D eigenvalue weighted by molar-refractivity contribution is 5.91. The maximum Gasteiger partial charge on any atom is 0.269 e. The second-order valence-corrected chi connectivity index (χ2v) is 6.60. The number of nitro groups is 1. The second kappa shape index (κ2) is 9.57. The van der Waals surface area contributed by atoms with E-state index < -0.39 is 4.92 Å². The van der Waals surface area contributed by atoms with Crippen molar-refractivity contribution in [3.63, 3.8) is 0 Å². The summed E-state index contributed by atoms with van der Waals surface area (Å²) < 4.78 is 12.5. The molecule has 2 aromatic carbocycles. The van der Waals surface area contributed by atoms with Crippen LogP contribution in [0.3, 0.4) is 0 Å². The lowest BCUT2D eigenvalue weighted by atomic mass is 10.2. The summed E-state index contributed by atoms with van der Waals surface area (Å²) in [5.74, 6) is 1.01. The minimum absolute atomic E-state index is 0.0268. The monoisotopic (exact) mass is 422 g/mol. The second-order valence-electron chi connectivity index (χ2n) is 6.60. The summed E-state index contributed by atoms with van der Waals surface area (Å²) in [4.78, 5) is 22.8. The largest absolute Gasteiger partial charge is 0.493 e. The number of carbonyl (C=O) groups excluding carboxylic acids is 1. The van der Waals surface area contributed by atoms with Gasteiger partial charge in [-0.1, -0.05) is 18.2 Å². The molecule has 0 aliphatic heterocycles. The van der Waals surface area contributed by atoms with Crippen molar-refractivity contribution >= 4 is 23.5 Å². The molecule has 0 aliphatic carbocycles. The van der Waals surface area contributed by atoms with E-state index in [-0.39, 0.29) is 18.2 Å². The standard InChI is InChI=1S/C22H22N4O5/c1-4-5-16-6-11-19(20(13-16)30-3)31-14-22(27)23-21-12-15(2)24-25(21)17-7-9-18(10-8-17)26(28)29/h4-13H,14H2,1-3H3,(H,23,27)/b5-4+. The third-order valence-corrected chi connectivity index (χ3v) is 4.31. The molecule has 0 aliphatic rings. The van der Waals surface area contributed by atoms with Crippen molar-refractivity contribution in [2.24, 2.45) is 0 Å². The van der Waals surface area contributed by atoms with Crippen LogP contribution in [0.25, 0.3) is 11.8 Å². The molecule has 1 heterocycles. The van der Waals surface area contributed by atoms with Crippen LogP contribution in [0.2, 0.25) is 0 Å². The Morgan fingerprint density at radius 2 is 1.94 bits per heavy atom. The first kappa shape index (κ1) is 21.6. The Hall–Kier alpha value is -4.14. The fraction of sp³-hybridized carbons (Fsp3) is 0.182.